The van der Waals surface area contributed by atoms with Crippen molar-refractivity contribution in [2.45, 2.75) is 18.9 Å². The highest BCUT2D eigenvalue weighted by atomic mass is 16.2. The molecular formula is C22H26N4O2. The van der Waals surface area contributed by atoms with Gasteiger partial charge in [0.15, 0.2) is 0 Å². The number of benzene rings is 1. The van der Waals surface area contributed by atoms with Gasteiger partial charge in [0.05, 0.1) is 23.7 Å². The number of likely N-dealkylation sites (tertiary alicyclic amines) is 1. The molecule has 0 saturated carbocycles. The van der Waals surface area contributed by atoms with E-state index < -0.39 is 5.41 Å². The van der Waals surface area contributed by atoms with Crippen LogP contribution in [0.1, 0.15) is 24.6 Å². The number of β-lactam (4-membered cyclic amide) rings is 1. The summed E-state index contributed by atoms with van der Waals surface area (Å²) in [7, 11) is 3.79. The molecule has 0 bridgehead atoms. The third-order valence-corrected chi connectivity index (χ3v) is 5.89. The van der Waals surface area contributed by atoms with Crippen LogP contribution in [0.3, 0.4) is 0 Å². The minimum absolute atomic E-state index is 0.0882. The normalized spacial score (nSPS) is 21.1. The molecule has 1 unspecified atom stereocenters. The lowest BCUT2D eigenvalue weighted by molar-refractivity contribution is -0.149. The second-order valence-electron chi connectivity index (χ2n) is 7.94. The van der Waals surface area contributed by atoms with Crippen LogP contribution in [0.25, 0.3) is 0 Å². The van der Waals surface area contributed by atoms with Crippen LogP contribution in [0, 0.1) is 5.41 Å². The van der Waals surface area contributed by atoms with Crippen LogP contribution < -0.4 is 4.90 Å². The predicted molar refractivity (Wildman–Crippen MR) is 108 cm³/mol. The van der Waals surface area contributed by atoms with E-state index in [0.717, 1.165) is 11.4 Å². The van der Waals surface area contributed by atoms with Crippen LogP contribution in [0.15, 0.2) is 54.7 Å². The monoisotopic (exact) mass is 378 g/mol. The van der Waals surface area contributed by atoms with Crippen LogP contribution in [0.5, 0.6) is 0 Å². The number of pyridine rings is 1. The first-order valence-electron chi connectivity index (χ1n) is 9.75. The van der Waals surface area contributed by atoms with E-state index in [0.29, 0.717) is 32.5 Å². The lowest BCUT2D eigenvalue weighted by Crippen LogP contribution is -2.67. The minimum atomic E-state index is -0.473. The third-order valence-electron chi connectivity index (χ3n) is 5.89. The summed E-state index contributed by atoms with van der Waals surface area (Å²) in [6.07, 6.45) is 3.13. The maximum atomic E-state index is 13.4. The molecule has 1 spiro atoms. The molecule has 28 heavy (non-hydrogen) atoms. The van der Waals surface area contributed by atoms with Crippen molar-refractivity contribution in [3.63, 3.8) is 0 Å². The van der Waals surface area contributed by atoms with Crippen molar-refractivity contribution < 1.29 is 9.59 Å². The highest BCUT2D eigenvalue weighted by Crippen LogP contribution is 2.56. The zero-order valence-corrected chi connectivity index (χ0v) is 16.4. The number of carbonyl (C=O) groups excluding carboxylic acids is 2. The molecule has 0 N–H and O–H groups in total. The van der Waals surface area contributed by atoms with Gasteiger partial charge in [-0.15, -0.1) is 0 Å². The van der Waals surface area contributed by atoms with Crippen molar-refractivity contribution in [1.29, 1.82) is 0 Å². The molecular weight excluding hydrogens is 352 g/mol. The van der Waals surface area contributed by atoms with Crippen molar-refractivity contribution >= 4 is 17.5 Å². The Morgan fingerprint density at radius 1 is 1.11 bits per heavy atom. The standard InChI is InChI=1S/C22H26N4O2/c1-24(2)16-19(27)25-14-11-22(12-15-25)20(18-10-6-7-13-23-18)26(21(22)28)17-8-4-3-5-9-17/h3-10,13,20H,11-12,14-16H2,1-2H3. The number of hydrogen-bond donors (Lipinski definition) is 0. The summed E-state index contributed by atoms with van der Waals surface area (Å²) in [5.41, 5.74) is 1.35. The molecule has 2 aliphatic heterocycles. The average Bonchev–Trinajstić information content (AvgIpc) is 2.72. The second-order valence-corrected chi connectivity index (χ2v) is 7.94. The Labute approximate surface area is 165 Å². The lowest BCUT2D eigenvalue weighted by Gasteiger charge is -2.58. The zero-order chi connectivity index (χ0) is 19.7. The maximum absolute atomic E-state index is 13.4. The number of carbonyl (C=O) groups is 2. The van der Waals surface area contributed by atoms with E-state index in [4.69, 9.17) is 0 Å². The summed E-state index contributed by atoms with van der Waals surface area (Å²) in [5, 5.41) is 0. The van der Waals surface area contributed by atoms with Gasteiger partial charge in [-0.1, -0.05) is 24.3 Å². The molecule has 6 heteroatoms. The van der Waals surface area contributed by atoms with Gasteiger partial charge in [0.25, 0.3) is 0 Å². The van der Waals surface area contributed by atoms with Gasteiger partial charge in [0.2, 0.25) is 11.8 Å². The van der Waals surface area contributed by atoms with Crippen molar-refractivity contribution in [3.8, 4) is 0 Å². The predicted octanol–water partition coefficient (Wildman–Crippen LogP) is 2.34. The van der Waals surface area contributed by atoms with Crippen LogP contribution in [-0.2, 0) is 9.59 Å². The highest BCUT2D eigenvalue weighted by molar-refractivity contribution is 6.06. The largest absolute Gasteiger partial charge is 0.342 e. The van der Waals surface area contributed by atoms with E-state index in [1.807, 2.05) is 77.3 Å². The van der Waals surface area contributed by atoms with Crippen molar-refractivity contribution in [1.82, 2.24) is 14.8 Å². The molecule has 0 aliphatic carbocycles. The molecule has 1 aromatic heterocycles. The van der Waals surface area contributed by atoms with E-state index in [1.54, 1.807) is 6.20 Å². The number of amides is 2. The minimum Gasteiger partial charge on any atom is -0.342 e. The van der Waals surface area contributed by atoms with E-state index in [9.17, 15) is 9.59 Å². The van der Waals surface area contributed by atoms with Crippen molar-refractivity contribution in [3.05, 3.63) is 60.4 Å². The first-order chi connectivity index (χ1) is 13.5. The summed E-state index contributed by atoms with van der Waals surface area (Å²) >= 11 is 0. The SMILES string of the molecule is CN(C)CC(=O)N1CCC2(CC1)C(=O)N(c1ccccc1)C2c1ccccn1. The number of likely N-dealkylation sites (N-methyl/N-ethyl adjacent to an activating group) is 1. The number of anilines is 1. The number of nitrogens with zero attached hydrogens (tertiary/aromatic N) is 4. The zero-order valence-electron chi connectivity index (χ0n) is 16.4. The van der Waals surface area contributed by atoms with Crippen LogP contribution in [0.2, 0.25) is 0 Å². The number of hydrogen-bond acceptors (Lipinski definition) is 4. The molecule has 1 atom stereocenters. The molecule has 1 aromatic carbocycles. The van der Waals surface area contributed by atoms with Gasteiger partial charge in [-0.05, 0) is 51.2 Å². The fourth-order valence-electron chi connectivity index (χ4n) is 4.48. The summed E-state index contributed by atoms with van der Waals surface area (Å²) in [6, 6.07) is 15.6. The topological polar surface area (TPSA) is 56.8 Å². The molecule has 2 saturated heterocycles. The van der Waals surface area contributed by atoms with Gasteiger partial charge in [-0.25, -0.2) is 0 Å². The van der Waals surface area contributed by atoms with E-state index in [2.05, 4.69) is 4.98 Å². The van der Waals surface area contributed by atoms with Crippen molar-refractivity contribution in [2.75, 3.05) is 38.6 Å². The van der Waals surface area contributed by atoms with Gasteiger partial charge in [-0.2, -0.15) is 0 Å². The first-order valence-corrected chi connectivity index (χ1v) is 9.75. The van der Waals surface area contributed by atoms with Gasteiger partial charge in [0.1, 0.15) is 0 Å². The smallest absolute Gasteiger partial charge is 0.236 e. The number of para-hydroxylation sites is 1. The van der Waals surface area contributed by atoms with Crippen molar-refractivity contribution in [2.24, 2.45) is 5.41 Å². The van der Waals surface area contributed by atoms with E-state index >= 15 is 0 Å². The van der Waals surface area contributed by atoms with E-state index in [1.165, 1.54) is 0 Å². The average molecular weight is 378 g/mol. The van der Waals surface area contributed by atoms with Crippen LogP contribution in [0.4, 0.5) is 5.69 Å². The third kappa shape index (κ3) is 3.07. The first kappa shape index (κ1) is 18.6. The Balaban J connectivity index is 1.60. The van der Waals surface area contributed by atoms with Crippen LogP contribution >= 0.6 is 0 Å². The molecule has 2 fully saturated rings. The maximum Gasteiger partial charge on any atom is 0.236 e. The molecule has 0 radical (unpaired) electrons. The summed E-state index contributed by atoms with van der Waals surface area (Å²) in [6.45, 7) is 1.63. The molecule has 2 aliphatic rings. The Kier molecular flexibility index (Phi) is 4.89. The number of rotatable bonds is 4. The number of aromatic nitrogens is 1. The lowest BCUT2D eigenvalue weighted by atomic mass is 9.63. The fourth-order valence-corrected chi connectivity index (χ4v) is 4.48. The van der Waals surface area contributed by atoms with Gasteiger partial charge in [-0.3, -0.25) is 14.6 Å². The molecule has 4 rings (SSSR count). The molecule has 146 valence electrons. The van der Waals surface area contributed by atoms with Crippen LogP contribution in [-0.4, -0.2) is 60.3 Å². The summed E-state index contributed by atoms with van der Waals surface area (Å²) in [4.78, 5) is 36.0. The molecule has 3 heterocycles. The Morgan fingerprint density at radius 2 is 1.79 bits per heavy atom. The Morgan fingerprint density at radius 3 is 2.39 bits per heavy atom. The second kappa shape index (κ2) is 7.36. The summed E-state index contributed by atoms with van der Waals surface area (Å²) < 4.78 is 0. The quantitative estimate of drug-likeness (QED) is 0.767. The Hall–Kier alpha value is -2.73. The highest BCUT2D eigenvalue weighted by Gasteiger charge is 2.62. The summed E-state index contributed by atoms with van der Waals surface area (Å²) in [5.74, 6) is 0.273. The number of piperidine rings is 1. The molecule has 2 amide bonds. The molecule has 2 aromatic rings. The Bertz CT molecular complexity index is 845. The van der Waals surface area contributed by atoms with Gasteiger partial charge in [0, 0.05) is 25.0 Å². The fraction of sp³-hybridized carbons (Fsp3) is 0.409. The van der Waals surface area contributed by atoms with Gasteiger partial charge < -0.3 is 14.7 Å². The molecule has 6 nitrogen and oxygen atoms in total. The van der Waals surface area contributed by atoms with Gasteiger partial charge >= 0.3 is 0 Å². The van der Waals surface area contributed by atoms with E-state index in [-0.39, 0.29) is 17.9 Å².